The minimum Gasteiger partial charge on any atom is -0.325 e. The lowest BCUT2D eigenvalue weighted by molar-refractivity contribution is -0.137. The molecule has 1 aromatic heterocycles. The Balaban J connectivity index is 2.58. The average molecular weight is 328 g/mol. The van der Waals surface area contributed by atoms with Crippen LogP contribution in [0.25, 0.3) is 0 Å². The number of nitrogens with zero attached hydrogens (tertiary/aromatic N) is 4. The first kappa shape index (κ1) is 17.6. The fourth-order valence-electron chi connectivity index (χ4n) is 1.42. The summed E-state index contributed by atoms with van der Waals surface area (Å²) in [5, 5.41) is 3.38. The Bertz CT molecular complexity index is 520. The Labute approximate surface area is 121 Å². The number of aromatic nitrogens is 2. The van der Waals surface area contributed by atoms with Crippen LogP contribution >= 0.6 is 0 Å². The zero-order valence-electron chi connectivity index (χ0n) is 11.4. The summed E-state index contributed by atoms with van der Waals surface area (Å²) in [6.07, 6.45) is -3.36. The molecule has 0 aliphatic rings. The molecule has 7 nitrogen and oxygen atoms in total. The van der Waals surface area contributed by atoms with E-state index < -0.39 is 28.9 Å². The van der Waals surface area contributed by atoms with Crippen LogP contribution in [0.5, 0.6) is 0 Å². The zero-order chi connectivity index (χ0) is 16.2. The lowest BCUT2D eigenvalue weighted by Crippen LogP contribution is -2.38. The van der Waals surface area contributed by atoms with Gasteiger partial charge < -0.3 is 9.45 Å². The summed E-state index contributed by atoms with van der Waals surface area (Å²) in [6, 6.07) is -0.718. The fraction of sp³-hybridized carbons (Fsp3) is 0.600. The molecular weight excluding hydrogens is 313 g/mol. The molecule has 0 aliphatic heterocycles. The van der Waals surface area contributed by atoms with Crippen molar-refractivity contribution in [1.29, 1.82) is 0 Å². The van der Waals surface area contributed by atoms with Crippen molar-refractivity contribution in [3.8, 4) is 0 Å². The average Bonchev–Trinajstić information content (AvgIpc) is 2.83. The van der Waals surface area contributed by atoms with Crippen molar-refractivity contribution < 1.29 is 26.7 Å². The van der Waals surface area contributed by atoms with E-state index in [1.807, 2.05) is 0 Å². The van der Waals surface area contributed by atoms with Gasteiger partial charge in [-0.3, -0.25) is 4.90 Å². The Morgan fingerprint density at radius 3 is 2.52 bits per heavy atom. The van der Waals surface area contributed by atoms with Crippen molar-refractivity contribution >= 4 is 17.1 Å². The maximum atomic E-state index is 12.4. The highest BCUT2D eigenvalue weighted by atomic mass is 32.2. The van der Waals surface area contributed by atoms with Crippen LogP contribution in [0, 0.1) is 0 Å². The third kappa shape index (κ3) is 5.44. The third-order valence-electron chi connectivity index (χ3n) is 2.58. The van der Waals surface area contributed by atoms with Crippen molar-refractivity contribution in [2.75, 3.05) is 33.1 Å². The Kier molecular flexibility index (Phi) is 5.87. The maximum Gasteiger partial charge on any atom is 0.419 e. The monoisotopic (exact) mass is 328 g/mol. The zero-order valence-corrected chi connectivity index (χ0v) is 12.2. The van der Waals surface area contributed by atoms with Crippen molar-refractivity contribution in [2.24, 2.45) is 0 Å². The van der Waals surface area contributed by atoms with Gasteiger partial charge in [0, 0.05) is 26.3 Å². The van der Waals surface area contributed by atoms with Crippen LogP contribution in [0.4, 0.5) is 18.0 Å². The molecular formula is C10H15F3N4O3S. The molecule has 0 saturated heterocycles. The fourth-order valence-corrected chi connectivity index (χ4v) is 1.92. The Hall–Kier alpha value is -1.46. The van der Waals surface area contributed by atoms with E-state index in [1.165, 1.54) is 16.8 Å². The number of amides is 1. The second-order valence-electron chi connectivity index (χ2n) is 4.41. The van der Waals surface area contributed by atoms with Crippen LogP contribution in [0.3, 0.4) is 0 Å². The number of rotatable bonds is 5. The predicted molar refractivity (Wildman–Crippen MR) is 68.9 cm³/mol. The van der Waals surface area contributed by atoms with E-state index >= 15 is 0 Å². The quantitative estimate of drug-likeness (QED) is 0.813. The molecule has 1 heterocycles. The van der Waals surface area contributed by atoms with Gasteiger partial charge >= 0.3 is 12.2 Å². The van der Waals surface area contributed by atoms with Gasteiger partial charge in [-0.25, -0.2) is 9.00 Å². The highest BCUT2D eigenvalue weighted by Gasteiger charge is 2.33. The number of carbonyl (C=O) groups excluding carboxylic acids is 1. The summed E-state index contributed by atoms with van der Waals surface area (Å²) in [4.78, 5) is 14.5. The molecule has 1 aromatic rings. The highest BCUT2D eigenvalue weighted by molar-refractivity contribution is 7.79. The lowest BCUT2D eigenvalue weighted by atomic mass is 10.4. The largest absolute Gasteiger partial charge is 0.419 e. The molecule has 1 amide bonds. The van der Waals surface area contributed by atoms with Crippen LogP contribution in [0.15, 0.2) is 12.4 Å². The van der Waals surface area contributed by atoms with Crippen LogP contribution in [0.2, 0.25) is 0 Å². The molecule has 21 heavy (non-hydrogen) atoms. The smallest absolute Gasteiger partial charge is 0.325 e. The van der Waals surface area contributed by atoms with Gasteiger partial charge in [0.15, 0.2) is 11.1 Å². The van der Waals surface area contributed by atoms with Crippen LogP contribution in [-0.4, -0.2) is 67.4 Å². The van der Waals surface area contributed by atoms with E-state index in [1.54, 1.807) is 7.05 Å². The summed E-state index contributed by atoms with van der Waals surface area (Å²) in [5.74, 6) is -0.0813. The molecule has 1 rings (SSSR count). The van der Waals surface area contributed by atoms with Gasteiger partial charge in [-0.05, 0) is 7.05 Å². The Morgan fingerprint density at radius 1 is 1.43 bits per heavy atom. The number of halogens is 3. The SMILES string of the molecule is CN(CCN(C)C(=O)n1cc(C(F)(F)F)cn1)CS(=O)O. The van der Waals surface area contributed by atoms with Gasteiger partial charge in [0.05, 0.1) is 11.8 Å². The second kappa shape index (κ2) is 7.00. The Morgan fingerprint density at radius 2 is 2.05 bits per heavy atom. The topological polar surface area (TPSA) is 78.7 Å². The molecule has 0 bridgehead atoms. The van der Waals surface area contributed by atoms with Crippen molar-refractivity contribution in [3.63, 3.8) is 0 Å². The minimum absolute atomic E-state index is 0.0813. The van der Waals surface area contributed by atoms with Crippen molar-refractivity contribution in [3.05, 3.63) is 18.0 Å². The first-order valence-electron chi connectivity index (χ1n) is 5.74. The molecule has 11 heteroatoms. The van der Waals surface area contributed by atoms with Gasteiger partial charge in [0.2, 0.25) is 0 Å². The van der Waals surface area contributed by atoms with E-state index in [0.29, 0.717) is 23.6 Å². The van der Waals surface area contributed by atoms with Crippen LogP contribution in [0.1, 0.15) is 5.56 Å². The van der Waals surface area contributed by atoms with Gasteiger partial charge in [-0.15, -0.1) is 0 Å². The van der Waals surface area contributed by atoms with E-state index in [2.05, 4.69) is 5.10 Å². The molecule has 0 aliphatic carbocycles. The lowest BCUT2D eigenvalue weighted by Gasteiger charge is -2.20. The number of carbonyl (C=O) groups is 1. The minimum atomic E-state index is -4.55. The number of alkyl halides is 3. The van der Waals surface area contributed by atoms with Gasteiger partial charge in [-0.2, -0.15) is 23.0 Å². The standard InChI is InChI=1S/C10H15F3N4O3S/c1-15(7-21(19)20)3-4-16(2)9(18)17-6-8(5-14-17)10(11,12)13/h5-6H,3-4,7H2,1-2H3,(H,19,20). The second-order valence-corrected chi connectivity index (χ2v) is 5.31. The van der Waals surface area contributed by atoms with Crippen molar-refractivity contribution in [1.82, 2.24) is 19.6 Å². The summed E-state index contributed by atoms with van der Waals surface area (Å²) in [5.41, 5.74) is -1.00. The molecule has 1 unspecified atom stereocenters. The van der Waals surface area contributed by atoms with Gasteiger partial charge in [0.1, 0.15) is 5.88 Å². The third-order valence-corrected chi connectivity index (χ3v) is 3.24. The number of hydrogen-bond donors (Lipinski definition) is 1. The first-order valence-corrected chi connectivity index (χ1v) is 7.02. The molecule has 0 radical (unpaired) electrons. The maximum absolute atomic E-state index is 12.4. The summed E-state index contributed by atoms with van der Waals surface area (Å²) < 4.78 is 57.1. The normalized spacial score (nSPS) is 13.5. The van der Waals surface area contributed by atoms with E-state index in [4.69, 9.17) is 4.55 Å². The molecule has 0 aromatic carbocycles. The number of hydrogen-bond acceptors (Lipinski definition) is 4. The van der Waals surface area contributed by atoms with Gasteiger partial charge in [-0.1, -0.05) is 0 Å². The molecule has 0 spiro atoms. The summed E-state index contributed by atoms with van der Waals surface area (Å²) >= 11 is -1.98. The van der Waals surface area contributed by atoms with Crippen molar-refractivity contribution in [2.45, 2.75) is 6.18 Å². The van der Waals surface area contributed by atoms with Gasteiger partial charge in [0.25, 0.3) is 0 Å². The summed E-state index contributed by atoms with van der Waals surface area (Å²) in [7, 11) is 2.99. The van der Waals surface area contributed by atoms with E-state index in [9.17, 15) is 22.2 Å². The summed E-state index contributed by atoms with van der Waals surface area (Å²) in [6.45, 7) is 0.468. The van der Waals surface area contributed by atoms with Crippen LogP contribution in [-0.2, 0) is 17.3 Å². The number of likely N-dealkylation sites (N-methyl/N-ethyl adjacent to an activating group) is 2. The first-order chi connectivity index (χ1) is 9.61. The van der Waals surface area contributed by atoms with Crippen LogP contribution < -0.4 is 0 Å². The molecule has 120 valence electrons. The van der Waals surface area contributed by atoms with E-state index in [-0.39, 0.29) is 12.4 Å². The molecule has 0 fully saturated rings. The highest BCUT2D eigenvalue weighted by Crippen LogP contribution is 2.28. The molecule has 0 saturated carbocycles. The van der Waals surface area contributed by atoms with E-state index in [0.717, 1.165) is 0 Å². The molecule has 1 N–H and O–H groups in total. The molecule has 1 atom stereocenters. The predicted octanol–water partition coefficient (Wildman–Crippen LogP) is 0.913.